The molecule has 0 saturated carbocycles. The van der Waals surface area contributed by atoms with Gasteiger partial charge in [-0.2, -0.15) is 5.26 Å². The Morgan fingerprint density at radius 1 is 1.28 bits per heavy atom. The van der Waals surface area contributed by atoms with E-state index in [1.54, 1.807) is 4.57 Å². The van der Waals surface area contributed by atoms with Gasteiger partial charge in [-0.05, 0) is 11.8 Å². The minimum Gasteiger partial charge on any atom is -0.346 e. The fourth-order valence-electron chi connectivity index (χ4n) is 4.53. The van der Waals surface area contributed by atoms with Crippen LogP contribution in [0.15, 0.2) is 30.0 Å². The number of rotatable bonds is 4. The van der Waals surface area contributed by atoms with Gasteiger partial charge in [0.05, 0.1) is 51.2 Å². The largest absolute Gasteiger partial charge is 0.387 e. The van der Waals surface area contributed by atoms with Crippen molar-refractivity contribution in [1.82, 2.24) is 39.0 Å². The van der Waals surface area contributed by atoms with Crippen molar-refractivity contribution < 1.29 is 36.3 Å². The van der Waals surface area contributed by atoms with Crippen LogP contribution in [-0.4, -0.2) is 77.2 Å². The van der Waals surface area contributed by atoms with Gasteiger partial charge in [-0.3, -0.25) is 18.4 Å². The monoisotopic (exact) mass is 673 g/mol. The smallest absolute Gasteiger partial charge is 0.346 e. The summed E-state index contributed by atoms with van der Waals surface area (Å²) in [5, 5.41) is 8.96. The minimum absolute atomic E-state index is 0.0103. The number of aromatic nitrogens is 8. The van der Waals surface area contributed by atoms with Gasteiger partial charge >= 0.3 is 13.5 Å². The molecule has 2 aliphatic heterocycles. The van der Waals surface area contributed by atoms with Crippen molar-refractivity contribution in [2.75, 3.05) is 19.8 Å². The molecule has 22 heteroatoms. The molecule has 1 fully saturated rings. The third kappa shape index (κ3) is 6.28. The second kappa shape index (κ2) is 12.4. The van der Waals surface area contributed by atoms with Gasteiger partial charge in [0.15, 0.2) is 29.2 Å². The van der Waals surface area contributed by atoms with E-state index in [-0.39, 0.29) is 49.8 Å². The van der Waals surface area contributed by atoms with Gasteiger partial charge in [-0.1, -0.05) is 12.2 Å². The Morgan fingerprint density at radius 2 is 2.14 bits per heavy atom. The number of hydrogen-bond acceptors (Lipinski definition) is 15. The van der Waals surface area contributed by atoms with Crippen LogP contribution >= 0.6 is 25.8 Å². The number of H-pyrrole nitrogens is 1. The number of hydrogen-bond donors (Lipinski definition) is 2. The van der Waals surface area contributed by atoms with Crippen LogP contribution in [0.2, 0.25) is 0 Å². The molecule has 228 valence electrons. The number of ether oxygens (including phenoxy) is 1. The molecule has 4 aromatic heterocycles. The molecule has 0 radical (unpaired) electrons. The second-order valence-electron chi connectivity index (χ2n) is 9.11. The zero-order chi connectivity index (χ0) is 30.2. The maximum Gasteiger partial charge on any atom is 0.387 e. The van der Waals surface area contributed by atoms with Crippen LogP contribution in [0, 0.1) is 11.3 Å². The first-order valence-corrected chi connectivity index (χ1v) is 17.8. The number of aromatic amines is 1. The summed E-state index contributed by atoms with van der Waals surface area (Å²) in [5.74, 6) is 0.268. The molecule has 2 unspecified atom stereocenters. The summed E-state index contributed by atoms with van der Waals surface area (Å²) in [5.41, 5.74) is 0.339. The number of nitrogens with zero attached hydrogens (tertiary/aromatic N) is 8. The van der Waals surface area contributed by atoms with E-state index in [2.05, 4.69) is 42.2 Å². The van der Waals surface area contributed by atoms with E-state index >= 15 is 4.39 Å². The molecule has 4 aromatic rings. The van der Waals surface area contributed by atoms with Gasteiger partial charge in [0.2, 0.25) is 0 Å². The zero-order valence-electron chi connectivity index (χ0n) is 21.8. The van der Waals surface area contributed by atoms with Gasteiger partial charge in [0.1, 0.15) is 36.5 Å². The van der Waals surface area contributed by atoms with Gasteiger partial charge < -0.3 is 27.9 Å². The lowest BCUT2D eigenvalue weighted by Crippen LogP contribution is -2.32. The molecule has 6 rings (SSSR count). The van der Waals surface area contributed by atoms with E-state index in [1.165, 1.54) is 23.4 Å². The highest BCUT2D eigenvalue weighted by atomic mass is 32.7. The third-order valence-corrected chi connectivity index (χ3v) is 10.4. The summed E-state index contributed by atoms with van der Waals surface area (Å²) in [6.45, 7) is -8.67. The number of thiol groups is 1. The first-order valence-electron chi connectivity index (χ1n) is 12.6. The standard InChI is InChI=1S/C21H22FN9O8P2S2/c22-15-13-7-37-41(43,34-4-1-2-23)35-5-3-30-14(29-12-6-24-9-25-18(12)30)8-36-40(33,42)39-17(15)21(38-13)31-11-28-16-19(31)26-10-27-20(16)32/h6,9-11,13,15,17,21H,1,3-5,7-8H2,(H,33,42)(H,26,27,32)/t13-,15-,17-,21-,40?,41?/m1/s1. The van der Waals surface area contributed by atoms with E-state index in [0.29, 0.717) is 11.2 Å². The molecule has 1 saturated heterocycles. The van der Waals surface area contributed by atoms with Crippen molar-refractivity contribution in [2.24, 2.45) is 0 Å². The second-order valence-corrected chi connectivity index (χ2v) is 15.0. The normalized spacial score (nSPS) is 30.4. The first kappa shape index (κ1) is 30.3. The van der Waals surface area contributed by atoms with Crippen LogP contribution in [0.4, 0.5) is 4.39 Å². The Bertz CT molecular complexity index is 1850. The maximum absolute atomic E-state index is 16.0. The highest BCUT2D eigenvalue weighted by Crippen LogP contribution is 2.58. The van der Waals surface area contributed by atoms with Gasteiger partial charge in [0.25, 0.3) is 5.56 Å². The molecule has 6 atom stereocenters. The molecule has 0 aromatic carbocycles. The average molecular weight is 674 g/mol. The molecular weight excluding hydrogens is 651 g/mol. The molecule has 17 nitrogen and oxygen atoms in total. The van der Waals surface area contributed by atoms with Crippen LogP contribution in [-0.2, 0) is 56.9 Å². The lowest BCUT2D eigenvalue weighted by molar-refractivity contribution is -0.0461. The molecule has 2 aliphatic rings. The molecule has 0 aliphatic carbocycles. The molecule has 0 amide bonds. The van der Waals surface area contributed by atoms with Crippen molar-refractivity contribution in [2.45, 2.75) is 44.2 Å². The summed E-state index contributed by atoms with van der Waals surface area (Å²) < 4.78 is 66.9. The topological polar surface area (TPSA) is 203 Å². The summed E-state index contributed by atoms with van der Waals surface area (Å²) in [4.78, 5) is 35.5. The molecule has 2 bridgehead atoms. The van der Waals surface area contributed by atoms with Crippen molar-refractivity contribution in [3.05, 3.63) is 41.4 Å². The number of fused-ring (bicyclic) bond motifs is 6. The fraction of sp³-hybridized carbons (Fsp3) is 0.476. The Balaban J connectivity index is 1.37. The summed E-state index contributed by atoms with van der Waals surface area (Å²) in [6, 6.07) is 1.95. The number of imidazole rings is 2. The number of nitriles is 1. The predicted molar refractivity (Wildman–Crippen MR) is 151 cm³/mol. The summed E-state index contributed by atoms with van der Waals surface area (Å²) in [6.07, 6.45) is -1.04. The Labute approximate surface area is 251 Å². The van der Waals surface area contributed by atoms with Crippen LogP contribution < -0.4 is 5.56 Å². The summed E-state index contributed by atoms with van der Waals surface area (Å²) in [7, 11) is 0. The molecule has 6 heterocycles. The van der Waals surface area contributed by atoms with E-state index in [4.69, 9.17) is 44.4 Å². The Kier molecular flexibility index (Phi) is 8.72. The zero-order valence-corrected chi connectivity index (χ0v) is 25.3. The van der Waals surface area contributed by atoms with Crippen molar-refractivity contribution in [3.8, 4) is 6.07 Å². The van der Waals surface area contributed by atoms with Crippen LogP contribution in [0.25, 0.3) is 22.3 Å². The lowest BCUT2D eigenvalue weighted by Gasteiger charge is -2.24. The lowest BCUT2D eigenvalue weighted by atomic mass is 10.1. The Hall–Kier alpha value is -2.69. The highest BCUT2D eigenvalue weighted by molar-refractivity contribution is 8.44. The number of alkyl halides is 1. The molecule has 1 N–H and O–H groups in total. The molecular formula is C21H22FN9O8P2S2. The van der Waals surface area contributed by atoms with E-state index in [0.717, 1.165) is 6.33 Å². The van der Waals surface area contributed by atoms with Crippen LogP contribution in [0.1, 0.15) is 18.5 Å². The van der Waals surface area contributed by atoms with Crippen LogP contribution in [0.5, 0.6) is 0 Å². The fourth-order valence-corrected chi connectivity index (χ4v) is 7.70. The third-order valence-electron chi connectivity index (χ3n) is 6.43. The van der Waals surface area contributed by atoms with E-state index < -0.39 is 50.3 Å². The predicted octanol–water partition coefficient (Wildman–Crippen LogP) is 2.34. The van der Waals surface area contributed by atoms with Crippen molar-refractivity contribution >= 4 is 59.9 Å². The van der Waals surface area contributed by atoms with E-state index in [9.17, 15) is 9.36 Å². The van der Waals surface area contributed by atoms with E-state index in [1.807, 2.05) is 6.07 Å². The van der Waals surface area contributed by atoms with Crippen molar-refractivity contribution in [1.29, 1.82) is 5.26 Å². The highest BCUT2D eigenvalue weighted by Gasteiger charge is 2.51. The van der Waals surface area contributed by atoms with Gasteiger partial charge in [-0.25, -0.2) is 33.9 Å². The van der Waals surface area contributed by atoms with Gasteiger partial charge in [-0.15, -0.1) is 0 Å². The van der Waals surface area contributed by atoms with Crippen molar-refractivity contribution in [3.63, 3.8) is 0 Å². The van der Waals surface area contributed by atoms with Crippen LogP contribution in [0.3, 0.4) is 0 Å². The Morgan fingerprint density at radius 3 is 2.98 bits per heavy atom. The SMILES string of the molecule is N#CCCOP1(=S)OCCn2c(nc3cncnc32)COP(=O)(S)O[C@@H]2[C@H](F)[C@@H](CO1)O[C@H]2n1cnc2c(=O)[nH]cnc21. The maximum atomic E-state index is 16.0. The number of halogens is 1. The summed E-state index contributed by atoms with van der Waals surface area (Å²) >= 11 is 9.66. The molecule has 0 spiro atoms. The minimum atomic E-state index is -4.29. The average Bonchev–Trinajstić information content (AvgIpc) is 3.65. The molecule has 43 heavy (non-hydrogen) atoms. The first-order chi connectivity index (χ1) is 20.7. The number of nitrogens with one attached hydrogen (secondary N) is 1. The quantitative estimate of drug-likeness (QED) is 0.181. The van der Waals surface area contributed by atoms with Gasteiger partial charge in [0, 0.05) is 6.54 Å².